The molecule has 6 nitrogen and oxygen atoms in total. The van der Waals surface area contributed by atoms with Crippen LogP contribution in [0.15, 0.2) is 59.7 Å². The fourth-order valence-electron chi connectivity index (χ4n) is 3.82. The van der Waals surface area contributed by atoms with E-state index in [1.165, 1.54) is 18.3 Å². The third-order valence-corrected chi connectivity index (χ3v) is 5.12. The number of hydrogen-bond acceptors (Lipinski definition) is 4. The highest BCUT2D eigenvalue weighted by Crippen LogP contribution is 2.41. The zero-order valence-electron chi connectivity index (χ0n) is 15.8. The average molecular weight is 375 g/mol. The molecule has 1 amide bonds. The van der Waals surface area contributed by atoms with Crippen LogP contribution < -0.4 is 15.6 Å². The molecule has 0 unspecified atom stereocenters. The summed E-state index contributed by atoms with van der Waals surface area (Å²) in [5.41, 5.74) is 3.20. The molecule has 1 atom stereocenters. The maximum absolute atomic E-state index is 13.1. The Morgan fingerprint density at radius 3 is 2.82 bits per heavy atom. The van der Waals surface area contributed by atoms with Crippen LogP contribution in [0.25, 0.3) is 0 Å². The van der Waals surface area contributed by atoms with Gasteiger partial charge in [0.15, 0.2) is 0 Å². The largest absolute Gasteiger partial charge is 0.491 e. The van der Waals surface area contributed by atoms with Crippen molar-refractivity contribution in [2.24, 2.45) is 0 Å². The molecule has 2 aromatic heterocycles. The van der Waals surface area contributed by atoms with Crippen molar-refractivity contribution in [3.8, 4) is 5.75 Å². The molecule has 1 aromatic carbocycles. The monoisotopic (exact) mass is 375 g/mol. The van der Waals surface area contributed by atoms with Gasteiger partial charge in [0.05, 0.1) is 12.2 Å². The van der Waals surface area contributed by atoms with Crippen molar-refractivity contribution in [3.63, 3.8) is 0 Å². The van der Waals surface area contributed by atoms with E-state index < -0.39 is 5.54 Å². The van der Waals surface area contributed by atoms with Crippen LogP contribution in [-0.2, 0) is 5.54 Å². The van der Waals surface area contributed by atoms with Gasteiger partial charge in [0.25, 0.3) is 5.91 Å². The van der Waals surface area contributed by atoms with Gasteiger partial charge in [-0.3, -0.25) is 14.6 Å². The van der Waals surface area contributed by atoms with Crippen molar-refractivity contribution in [1.82, 2.24) is 15.3 Å². The van der Waals surface area contributed by atoms with Gasteiger partial charge in [-0.25, -0.2) is 0 Å². The molecule has 0 aliphatic carbocycles. The molecule has 0 saturated carbocycles. The number of amides is 1. The van der Waals surface area contributed by atoms with Gasteiger partial charge in [0.2, 0.25) is 5.56 Å². The minimum absolute atomic E-state index is 0.251. The number of benzene rings is 1. The molecular formula is C22H21N3O3. The second-order valence-corrected chi connectivity index (χ2v) is 7.07. The molecule has 28 heavy (non-hydrogen) atoms. The summed E-state index contributed by atoms with van der Waals surface area (Å²) in [7, 11) is 0. The van der Waals surface area contributed by atoms with E-state index in [-0.39, 0.29) is 11.5 Å². The predicted molar refractivity (Wildman–Crippen MR) is 106 cm³/mol. The van der Waals surface area contributed by atoms with Crippen molar-refractivity contribution in [2.75, 3.05) is 6.61 Å². The van der Waals surface area contributed by atoms with E-state index in [1.807, 2.05) is 38.1 Å². The maximum Gasteiger partial charge on any atom is 0.253 e. The lowest BCUT2D eigenvalue weighted by Gasteiger charge is -2.39. The highest BCUT2D eigenvalue weighted by atomic mass is 16.5. The number of carbonyl (C=O) groups excluding carboxylic acids is 1. The summed E-state index contributed by atoms with van der Waals surface area (Å²) in [6, 6.07) is 12.7. The second kappa shape index (κ2) is 6.96. The van der Waals surface area contributed by atoms with Crippen LogP contribution in [0, 0.1) is 13.8 Å². The smallest absolute Gasteiger partial charge is 0.253 e. The molecule has 6 heteroatoms. The summed E-state index contributed by atoms with van der Waals surface area (Å²) in [5, 5.41) is 3.20. The Labute approximate surface area is 162 Å². The number of aryl methyl sites for hydroxylation is 2. The van der Waals surface area contributed by atoms with Gasteiger partial charge in [-0.05, 0) is 43.2 Å². The number of hydrogen-bond donors (Lipinski definition) is 2. The first kappa shape index (κ1) is 18.0. The number of nitrogens with one attached hydrogen (secondary N) is 2. The Morgan fingerprint density at radius 2 is 2.07 bits per heavy atom. The van der Waals surface area contributed by atoms with Gasteiger partial charge in [-0.1, -0.05) is 23.8 Å². The van der Waals surface area contributed by atoms with Gasteiger partial charge in [-0.2, -0.15) is 0 Å². The van der Waals surface area contributed by atoms with Crippen LogP contribution in [0.3, 0.4) is 0 Å². The molecule has 3 aromatic rings. The Hall–Kier alpha value is -3.41. The van der Waals surface area contributed by atoms with Crippen LogP contribution >= 0.6 is 0 Å². The van der Waals surface area contributed by atoms with Crippen molar-refractivity contribution >= 4 is 5.91 Å². The number of aromatic amines is 1. The van der Waals surface area contributed by atoms with E-state index in [4.69, 9.17) is 4.74 Å². The minimum atomic E-state index is -0.820. The van der Waals surface area contributed by atoms with Crippen molar-refractivity contribution in [2.45, 2.75) is 25.8 Å². The lowest BCUT2D eigenvalue weighted by molar-refractivity contribution is 0.0883. The number of nitrogens with zero attached hydrogens (tertiary/aromatic N) is 1. The number of H-pyrrole nitrogens is 1. The fourth-order valence-corrected chi connectivity index (χ4v) is 3.82. The summed E-state index contributed by atoms with van der Waals surface area (Å²) in [4.78, 5) is 31.6. The van der Waals surface area contributed by atoms with Gasteiger partial charge in [-0.15, -0.1) is 0 Å². The first-order chi connectivity index (χ1) is 13.5. The molecule has 0 saturated heterocycles. The summed E-state index contributed by atoms with van der Waals surface area (Å²) < 4.78 is 5.81. The van der Waals surface area contributed by atoms with Gasteiger partial charge < -0.3 is 15.0 Å². The van der Waals surface area contributed by atoms with Crippen molar-refractivity contribution in [3.05, 3.63) is 93.2 Å². The molecule has 1 aliphatic heterocycles. The predicted octanol–water partition coefficient (Wildman–Crippen LogP) is 2.84. The summed E-state index contributed by atoms with van der Waals surface area (Å²) in [5.74, 6) is 0.380. The van der Waals surface area contributed by atoms with Crippen molar-refractivity contribution < 1.29 is 9.53 Å². The number of fused-ring (bicyclic) bond motifs is 1. The Bertz CT molecular complexity index is 1090. The van der Waals surface area contributed by atoms with Gasteiger partial charge >= 0.3 is 0 Å². The minimum Gasteiger partial charge on any atom is -0.491 e. The Kier molecular flexibility index (Phi) is 4.47. The second-order valence-electron chi connectivity index (χ2n) is 7.07. The quantitative estimate of drug-likeness (QED) is 0.737. The molecule has 3 heterocycles. The van der Waals surface area contributed by atoms with E-state index in [0.29, 0.717) is 30.0 Å². The zero-order valence-corrected chi connectivity index (χ0v) is 15.8. The summed E-state index contributed by atoms with van der Waals surface area (Å²) in [6.07, 6.45) is 3.68. The molecule has 0 fully saturated rings. The van der Waals surface area contributed by atoms with Crippen LogP contribution in [0.4, 0.5) is 0 Å². The van der Waals surface area contributed by atoms with Crippen LogP contribution in [0.1, 0.15) is 39.2 Å². The van der Waals surface area contributed by atoms with E-state index in [1.54, 1.807) is 6.20 Å². The molecule has 0 spiro atoms. The van der Waals surface area contributed by atoms with E-state index in [2.05, 4.69) is 21.4 Å². The molecule has 142 valence electrons. The lowest BCUT2D eigenvalue weighted by atomic mass is 9.78. The summed E-state index contributed by atoms with van der Waals surface area (Å²) >= 11 is 0. The maximum atomic E-state index is 13.1. The number of carbonyl (C=O) groups is 1. The standard InChI is InChI=1S/C22H21N3O3/c1-14-5-7-17(15(2)12-14)22(9-11-28-18-4-3-10-23-20(18)22)25-21(27)16-6-8-19(26)24-13-16/h3-8,10,12-13H,9,11H2,1-2H3,(H,24,26)(H,25,27)/t22-/m0/s1. The first-order valence-electron chi connectivity index (χ1n) is 9.17. The third-order valence-electron chi connectivity index (χ3n) is 5.12. The van der Waals surface area contributed by atoms with Crippen LogP contribution in [0.5, 0.6) is 5.75 Å². The third kappa shape index (κ3) is 3.07. The molecular weight excluding hydrogens is 354 g/mol. The number of rotatable bonds is 3. The molecule has 2 N–H and O–H groups in total. The van der Waals surface area contributed by atoms with E-state index >= 15 is 0 Å². The molecule has 0 radical (unpaired) electrons. The average Bonchev–Trinajstić information content (AvgIpc) is 2.68. The highest BCUT2D eigenvalue weighted by Gasteiger charge is 2.43. The SMILES string of the molecule is Cc1ccc([C@@]2(NC(=O)c3ccc(=O)[nH]c3)CCOc3cccnc32)c(C)c1. The topological polar surface area (TPSA) is 84.1 Å². The number of aromatic nitrogens is 2. The molecule has 4 rings (SSSR count). The lowest BCUT2D eigenvalue weighted by Crippen LogP contribution is -2.50. The van der Waals surface area contributed by atoms with Crippen LogP contribution in [0.2, 0.25) is 0 Å². The zero-order chi connectivity index (χ0) is 19.7. The normalized spacial score (nSPS) is 18.1. The fraction of sp³-hybridized carbons (Fsp3) is 0.227. The Balaban J connectivity index is 1.87. The number of pyridine rings is 2. The molecule has 1 aliphatic rings. The van der Waals surface area contributed by atoms with E-state index in [0.717, 1.165) is 16.7 Å². The first-order valence-corrected chi connectivity index (χ1v) is 9.17. The van der Waals surface area contributed by atoms with Gasteiger partial charge in [0.1, 0.15) is 17.0 Å². The van der Waals surface area contributed by atoms with Crippen molar-refractivity contribution in [1.29, 1.82) is 0 Å². The Morgan fingerprint density at radius 1 is 1.21 bits per heavy atom. The van der Waals surface area contributed by atoms with Crippen LogP contribution in [-0.4, -0.2) is 22.5 Å². The highest BCUT2D eigenvalue weighted by molar-refractivity contribution is 5.94. The summed E-state index contributed by atoms with van der Waals surface area (Å²) in [6.45, 7) is 4.53. The molecule has 0 bridgehead atoms. The van der Waals surface area contributed by atoms with E-state index in [9.17, 15) is 9.59 Å². The number of ether oxygens (including phenoxy) is 1. The van der Waals surface area contributed by atoms with Gasteiger partial charge in [0, 0.05) is 24.9 Å².